The van der Waals surface area contributed by atoms with E-state index in [9.17, 15) is 39.9 Å². The first kappa shape index (κ1) is 26.2. The van der Waals surface area contributed by atoms with Gasteiger partial charge in [-0.2, -0.15) is 23.0 Å². The number of hydrogen-bond donors (Lipinski definition) is 0. The first-order valence-corrected chi connectivity index (χ1v) is 11.0. The molecule has 0 saturated carbocycles. The maximum Gasteiger partial charge on any atom is 0.417 e. The van der Waals surface area contributed by atoms with Gasteiger partial charge in [-0.05, 0) is 31.2 Å². The van der Waals surface area contributed by atoms with Crippen LogP contribution in [0.5, 0.6) is 5.88 Å². The van der Waals surface area contributed by atoms with Gasteiger partial charge in [0.05, 0.1) is 32.3 Å². The number of aryl methyl sites for hydroxylation is 1. The van der Waals surface area contributed by atoms with E-state index in [0.717, 1.165) is 22.9 Å². The molecule has 0 aliphatic carbocycles. The first-order chi connectivity index (χ1) is 17.4. The molecule has 13 heteroatoms. The van der Waals surface area contributed by atoms with Gasteiger partial charge in [0.25, 0.3) is 0 Å². The van der Waals surface area contributed by atoms with Gasteiger partial charge in [-0.3, -0.25) is 0 Å². The van der Waals surface area contributed by atoms with Gasteiger partial charge in [0, 0.05) is 0 Å². The van der Waals surface area contributed by atoms with Crippen molar-refractivity contribution in [2.24, 2.45) is 0 Å². The van der Waals surface area contributed by atoms with Gasteiger partial charge >= 0.3 is 12.1 Å². The largest absolute Gasteiger partial charge is 0.417 e. The number of ether oxygens (including phenoxy) is 1. The van der Waals surface area contributed by atoms with E-state index in [2.05, 4.69) is 5.10 Å². The molecule has 0 N–H and O–H groups in total. The van der Waals surface area contributed by atoms with Crippen LogP contribution in [0.25, 0.3) is 5.69 Å². The molecule has 4 nitrogen and oxygen atoms in total. The molecule has 37 heavy (non-hydrogen) atoms. The lowest BCUT2D eigenvalue weighted by Gasteiger charge is -2.14. The van der Waals surface area contributed by atoms with Crippen molar-refractivity contribution < 1.29 is 44.7 Å². The molecule has 1 aromatic heterocycles. The summed E-state index contributed by atoms with van der Waals surface area (Å²) in [7, 11) is 0. The second-order valence-corrected chi connectivity index (χ2v) is 8.42. The van der Waals surface area contributed by atoms with Crippen molar-refractivity contribution in [3.05, 3.63) is 101 Å². The lowest BCUT2D eigenvalue weighted by atomic mass is 10.1. The highest BCUT2D eigenvalue weighted by Crippen LogP contribution is 2.43. The minimum absolute atomic E-state index is 0.0141. The Labute approximate surface area is 207 Å². The van der Waals surface area contributed by atoms with Crippen LogP contribution in [0.4, 0.5) is 35.1 Å². The molecule has 192 valence electrons. The van der Waals surface area contributed by atoms with Crippen LogP contribution in [0.1, 0.15) is 21.6 Å². The number of benzene rings is 3. The summed E-state index contributed by atoms with van der Waals surface area (Å²) >= 11 is 0.0141. The van der Waals surface area contributed by atoms with Crippen LogP contribution in [0.15, 0.2) is 64.4 Å². The SMILES string of the molecule is Cc1nn(-c2ccccc2)c(OC(=O)c2ccccc2C(F)(F)F)c1Sc1c(F)c(F)c(F)c(F)c1F. The van der Waals surface area contributed by atoms with E-state index >= 15 is 0 Å². The molecule has 0 fully saturated rings. The van der Waals surface area contributed by atoms with Crippen molar-refractivity contribution >= 4 is 17.7 Å². The number of esters is 1. The summed E-state index contributed by atoms with van der Waals surface area (Å²) in [5.41, 5.74) is -2.04. The van der Waals surface area contributed by atoms with Crippen LogP contribution < -0.4 is 4.74 Å². The van der Waals surface area contributed by atoms with Crippen molar-refractivity contribution in [2.75, 3.05) is 0 Å². The van der Waals surface area contributed by atoms with Crippen molar-refractivity contribution in [3.63, 3.8) is 0 Å². The number of carbonyl (C=O) groups is 1. The normalized spacial score (nSPS) is 11.6. The molecule has 4 rings (SSSR count). The zero-order valence-corrected chi connectivity index (χ0v) is 19.2. The summed E-state index contributed by atoms with van der Waals surface area (Å²) in [5.74, 6) is -13.2. The van der Waals surface area contributed by atoms with Crippen LogP contribution in [-0.2, 0) is 6.18 Å². The molecule has 4 aromatic rings. The number of alkyl halides is 3. The molecule has 0 saturated heterocycles. The maximum absolute atomic E-state index is 14.4. The lowest BCUT2D eigenvalue weighted by molar-refractivity contribution is -0.138. The molecular formula is C24H12F8N2O2S. The highest BCUT2D eigenvalue weighted by Gasteiger charge is 2.36. The minimum Gasteiger partial charge on any atom is -0.402 e. The molecule has 0 aliphatic rings. The predicted molar refractivity (Wildman–Crippen MR) is 115 cm³/mol. The minimum atomic E-state index is -4.92. The van der Waals surface area contributed by atoms with Gasteiger partial charge in [0.2, 0.25) is 11.7 Å². The maximum atomic E-state index is 14.4. The van der Waals surface area contributed by atoms with Crippen LogP contribution in [0, 0.1) is 36.0 Å². The fraction of sp³-hybridized carbons (Fsp3) is 0.0833. The average molecular weight is 544 g/mol. The number of para-hydroxylation sites is 1. The second-order valence-electron chi connectivity index (χ2n) is 7.40. The van der Waals surface area contributed by atoms with Gasteiger partial charge in [-0.15, -0.1) is 0 Å². The van der Waals surface area contributed by atoms with E-state index in [0.29, 0.717) is 6.07 Å². The Balaban J connectivity index is 1.87. The summed E-state index contributed by atoms with van der Waals surface area (Å²) in [6.45, 7) is 1.29. The summed E-state index contributed by atoms with van der Waals surface area (Å²) in [5, 5.41) is 4.11. The Kier molecular flexibility index (Phi) is 7.00. The second kappa shape index (κ2) is 9.88. The number of halogens is 8. The first-order valence-electron chi connectivity index (χ1n) is 10.1. The smallest absolute Gasteiger partial charge is 0.402 e. The van der Waals surface area contributed by atoms with Crippen molar-refractivity contribution in [1.29, 1.82) is 0 Å². The Morgan fingerprint density at radius 3 is 1.95 bits per heavy atom. The molecule has 1 heterocycles. The van der Waals surface area contributed by atoms with Crippen LogP contribution in [0.2, 0.25) is 0 Å². The van der Waals surface area contributed by atoms with E-state index in [-0.39, 0.29) is 28.0 Å². The summed E-state index contributed by atoms with van der Waals surface area (Å²) in [4.78, 5) is 11.2. The molecule has 0 radical (unpaired) electrons. The Hall–Kier alpha value is -3.87. The third-order valence-electron chi connectivity index (χ3n) is 4.98. The number of nitrogens with zero attached hydrogens (tertiary/aromatic N) is 2. The van der Waals surface area contributed by atoms with E-state index in [4.69, 9.17) is 4.74 Å². The van der Waals surface area contributed by atoms with Gasteiger partial charge < -0.3 is 4.74 Å². The van der Waals surface area contributed by atoms with Crippen LogP contribution >= 0.6 is 11.8 Å². The third kappa shape index (κ3) is 4.90. The Morgan fingerprint density at radius 1 is 0.811 bits per heavy atom. The number of aromatic nitrogens is 2. The van der Waals surface area contributed by atoms with Gasteiger partial charge in [-0.1, -0.05) is 42.1 Å². The van der Waals surface area contributed by atoms with Gasteiger partial charge in [0.1, 0.15) is 0 Å². The van der Waals surface area contributed by atoms with E-state index < -0.39 is 63.1 Å². The zero-order chi connectivity index (χ0) is 27.1. The quantitative estimate of drug-likeness (QED) is 0.115. The zero-order valence-electron chi connectivity index (χ0n) is 18.3. The van der Waals surface area contributed by atoms with E-state index in [1.807, 2.05) is 0 Å². The molecule has 0 atom stereocenters. The lowest BCUT2D eigenvalue weighted by Crippen LogP contribution is -2.18. The fourth-order valence-electron chi connectivity index (χ4n) is 3.27. The topological polar surface area (TPSA) is 44.1 Å². The summed E-state index contributed by atoms with van der Waals surface area (Å²) in [6.07, 6.45) is -4.92. The summed E-state index contributed by atoms with van der Waals surface area (Å²) < 4.78 is 116. The van der Waals surface area contributed by atoms with Crippen molar-refractivity contribution in [1.82, 2.24) is 9.78 Å². The number of hydrogen-bond acceptors (Lipinski definition) is 4. The Morgan fingerprint density at radius 2 is 1.35 bits per heavy atom. The van der Waals surface area contributed by atoms with Crippen molar-refractivity contribution in [2.45, 2.75) is 22.9 Å². The monoisotopic (exact) mass is 544 g/mol. The molecule has 0 amide bonds. The molecular weight excluding hydrogens is 532 g/mol. The molecule has 0 aliphatic heterocycles. The third-order valence-corrected chi connectivity index (χ3v) is 6.22. The van der Waals surface area contributed by atoms with Gasteiger partial charge in [0.15, 0.2) is 23.3 Å². The fourth-order valence-corrected chi connectivity index (χ4v) is 4.24. The van der Waals surface area contributed by atoms with E-state index in [1.165, 1.54) is 19.1 Å². The van der Waals surface area contributed by atoms with E-state index in [1.54, 1.807) is 18.2 Å². The van der Waals surface area contributed by atoms with Crippen LogP contribution in [-0.4, -0.2) is 15.7 Å². The number of rotatable bonds is 5. The van der Waals surface area contributed by atoms with Crippen molar-refractivity contribution in [3.8, 4) is 11.6 Å². The molecule has 0 spiro atoms. The standard InChI is InChI=1S/C24H12F8N2O2S/c1-11-20(37-21-18(28)16(26)15(25)17(27)19(21)29)22(34(33-11)12-7-3-2-4-8-12)36-23(35)13-9-5-6-10-14(13)24(30,31)32/h2-10H,1H3. The summed E-state index contributed by atoms with van der Waals surface area (Å²) in [6, 6.07) is 11.4. The molecule has 0 unspecified atom stereocenters. The van der Waals surface area contributed by atoms with Crippen LogP contribution in [0.3, 0.4) is 0 Å². The molecule has 0 bridgehead atoms. The number of carbonyl (C=O) groups excluding carboxylic acids is 1. The van der Waals surface area contributed by atoms with Gasteiger partial charge in [-0.25, -0.2) is 26.7 Å². The molecule has 3 aromatic carbocycles. The average Bonchev–Trinajstić information content (AvgIpc) is 3.18. The Bertz CT molecular complexity index is 1470. The highest BCUT2D eigenvalue weighted by atomic mass is 32.2. The highest BCUT2D eigenvalue weighted by molar-refractivity contribution is 7.99. The predicted octanol–water partition coefficient (Wildman–Crippen LogP) is 7.27.